The highest BCUT2D eigenvalue weighted by molar-refractivity contribution is 5.08. The molecule has 0 aliphatic carbocycles. The Balaban J connectivity index is 1.47. The highest BCUT2D eigenvalue weighted by Crippen LogP contribution is 2.12. The summed E-state index contributed by atoms with van der Waals surface area (Å²) in [5, 5.41) is 8.53. The molecule has 0 unspecified atom stereocenters. The Bertz CT molecular complexity index is 544. The molecule has 0 spiro atoms. The van der Waals surface area contributed by atoms with E-state index in [9.17, 15) is 0 Å². The van der Waals surface area contributed by atoms with Crippen molar-refractivity contribution in [3.8, 4) is 0 Å². The molecule has 0 atom stereocenters. The summed E-state index contributed by atoms with van der Waals surface area (Å²) >= 11 is 0. The minimum absolute atomic E-state index is 0.537. The van der Waals surface area contributed by atoms with Gasteiger partial charge in [0.2, 0.25) is 0 Å². The Labute approximate surface area is 133 Å². The van der Waals surface area contributed by atoms with E-state index < -0.39 is 0 Å². The van der Waals surface area contributed by atoms with Crippen molar-refractivity contribution in [3.05, 3.63) is 35.9 Å². The van der Waals surface area contributed by atoms with Gasteiger partial charge in [0.1, 0.15) is 0 Å². The first kappa shape index (κ1) is 16.7. The molecule has 2 aromatic rings. The summed E-state index contributed by atoms with van der Waals surface area (Å²) in [4.78, 5) is 0. The molecule has 122 valence electrons. The van der Waals surface area contributed by atoms with E-state index in [1.165, 1.54) is 24.0 Å². The van der Waals surface area contributed by atoms with E-state index in [4.69, 9.17) is 4.74 Å². The molecule has 22 heavy (non-hydrogen) atoms. The van der Waals surface area contributed by atoms with Crippen molar-refractivity contribution in [1.29, 1.82) is 0 Å². The Morgan fingerprint density at radius 1 is 1.05 bits per heavy atom. The van der Waals surface area contributed by atoms with Gasteiger partial charge in [0.05, 0.1) is 25.5 Å². The van der Waals surface area contributed by atoms with E-state index in [1.54, 1.807) is 0 Å². The summed E-state index contributed by atoms with van der Waals surface area (Å²) in [6.45, 7) is 6.78. The maximum Gasteiger partial charge on any atom is 0.0662 e. The number of hydrogen-bond donors (Lipinski definition) is 0. The third-order valence-electron chi connectivity index (χ3n) is 3.80. The SMILES string of the molecule is CC(C)c1cnn(CCOCCCCCc2cnn(C)c2)c1. The normalized spacial score (nSPS) is 11.5. The molecule has 0 aliphatic rings. The molecule has 0 saturated heterocycles. The average Bonchev–Trinajstić information content (AvgIpc) is 3.11. The zero-order valence-corrected chi connectivity index (χ0v) is 14.0. The molecule has 0 N–H and O–H groups in total. The van der Waals surface area contributed by atoms with Crippen LogP contribution < -0.4 is 0 Å². The van der Waals surface area contributed by atoms with Crippen LogP contribution in [-0.2, 0) is 24.8 Å². The molecule has 0 amide bonds. The second-order valence-electron chi connectivity index (χ2n) is 6.14. The van der Waals surface area contributed by atoms with Crippen LogP contribution in [0.2, 0.25) is 0 Å². The lowest BCUT2D eigenvalue weighted by Crippen LogP contribution is -2.07. The average molecular weight is 304 g/mol. The maximum absolute atomic E-state index is 5.69. The molecular formula is C17H28N4O. The third kappa shape index (κ3) is 5.64. The van der Waals surface area contributed by atoms with Gasteiger partial charge in [0.15, 0.2) is 0 Å². The summed E-state index contributed by atoms with van der Waals surface area (Å²) in [6, 6.07) is 0. The van der Waals surface area contributed by atoms with Crippen molar-refractivity contribution in [1.82, 2.24) is 19.6 Å². The predicted molar refractivity (Wildman–Crippen MR) is 87.9 cm³/mol. The van der Waals surface area contributed by atoms with Crippen LogP contribution in [0.4, 0.5) is 0 Å². The molecule has 0 aliphatic heterocycles. The van der Waals surface area contributed by atoms with Crippen molar-refractivity contribution in [2.45, 2.75) is 52.0 Å². The van der Waals surface area contributed by atoms with E-state index >= 15 is 0 Å². The number of hydrogen-bond acceptors (Lipinski definition) is 3. The molecule has 5 nitrogen and oxygen atoms in total. The van der Waals surface area contributed by atoms with E-state index in [0.29, 0.717) is 5.92 Å². The van der Waals surface area contributed by atoms with Gasteiger partial charge < -0.3 is 4.74 Å². The largest absolute Gasteiger partial charge is 0.380 e. The number of aromatic nitrogens is 4. The van der Waals surface area contributed by atoms with Gasteiger partial charge >= 0.3 is 0 Å². The zero-order chi connectivity index (χ0) is 15.8. The lowest BCUT2D eigenvalue weighted by molar-refractivity contribution is 0.120. The summed E-state index contributed by atoms with van der Waals surface area (Å²) in [5.41, 5.74) is 2.61. The second-order valence-corrected chi connectivity index (χ2v) is 6.14. The van der Waals surface area contributed by atoms with E-state index in [1.807, 2.05) is 28.8 Å². The lowest BCUT2D eigenvalue weighted by Gasteiger charge is -2.05. The molecule has 5 heteroatoms. The van der Waals surface area contributed by atoms with Crippen LogP contribution >= 0.6 is 0 Å². The second kappa shape index (κ2) is 8.73. The van der Waals surface area contributed by atoms with Gasteiger partial charge in [0, 0.05) is 26.0 Å². The molecule has 0 fully saturated rings. The van der Waals surface area contributed by atoms with Gasteiger partial charge in [0.25, 0.3) is 0 Å². The molecule has 0 radical (unpaired) electrons. The van der Waals surface area contributed by atoms with Gasteiger partial charge in [-0.3, -0.25) is 9.36 Å². The first-order valence-electron chi connectivity index (χ1n) is 8.23. The minimum Gasteiger partial charge on any atom is -0.380 e. The van der Waals surface area contributed by atoms with Crippen LogP contribution in [-0.4, -0.2) is 32.8 Å². The van der Waals surface area contributed by atoms with E-state index in [0.717, 1.165) is 32.6 Å². The fraction of sp³-hybridized carbons (Fsp3) is 0.647. The van der Waals surface area contributed by atoms with Crippen LogP contribution in [0.5, 0.6) is 0 Å². The van der Waals surface area contributed by atoms with Crippen LogP contribution in [0, 0.1) is 0 Å². The first-order chi connectivity index (χ1) is 10.6. The van der Waals surface area contributed by atoms with Gasteiger partial charge in [-0.15, -0.1) is 0 Å². The monoisotopic (exact) mass is 304 g/mol. The highest BCUT2D eigenvalue weighted by Gasteiger charge is 2.02. The first-order valence-corrected chi connectivity index (χ1v) is 8.23. The molecule has 0 saturated carbocycles. The summed E-state index contributed by atoms with van der Waals surface area (Å²) in [6.07, 6.45) is 12.7. The number of nitrogens with zero attached hydrogens (tertiary/aromatic N) is 4. The molecule has 0 bridgehead atoms. The quantitative estimate of drug-likeness (QED) is 0.633. The fourth-order valence-corrected chi connectivity index (χ4v) is 2.37. The molecular weight excluding hydrogens is 276 g/mol. The zero-order valence-electron chi connectivity index (χ0n) is 14.0. The number of rotatable bonds is 10. The van der Waals surface area contributed by atoms with Crippen LogP contribution in [0.3, 0.4) is 0 Å². The van der Waals surface area contributed by atoms with Crippen LogP contribution in [0.1, 0.15) is 50.2 Å². The minimum atomic E-state index is 0.537. The van der Waals surface area contributed by atoms with Crippen molar-refractivity contribution in [2.75, 3.05) is 13.2 Å². The predicted octanol–water partition coefficient (Wildman–Crippen LogP) is 3.17. The Morgan fingerprint density at radius 3 is 2.59 bits per heavy atom. The van der Waals surface area contributed by atoms with Crippen molar-refractivity contribution < 1.29 is 4.74 Å². The molecule has 2 heterocycles. The lowest BCUT2D eigenvalue weighted by atomic mass is 10.1. The Hall–Kier alpha value is -1.62. The van der Waals surface area contributed by atoms with Crippen molar-refractivity contribution >= 4 is 0 Å². The van der Waals surface area contributed by atoms with Gasteiger partial charge in [-0.05, 0) is 36.3 Å². The van der Waals surface area contributed by atoms with Crippen LogP contribution in [0.15, 0.2) is 24.8 Å². The fourth-order valence-electron chi connectivity index (χ4n) is 2.37. The number of aryl methyl sites for hydroxylation is 2. The molecule has 0 aromatic carbocycles. The van der Waals surface area contributed by atoms with Gasteiger partial charge in [-0.1, -0.05) is 20.3 Å². The number of ether oxygens (including phenoxy) is 1. The molecule has 2 aromatic heterocycles. The summed E-state index contributed by atoms with van der Waals surface area (Å²) in [5.74, 6) is 0.537. The van der Waals surface area contributed by atoms with Crippen molar-refractivity contribution in [3.63, 3.8) is 0 Å². The molecule has 2 rings (SSSR count). The summed E-state index contributed by atoms with van der Waals surface area (Å²) < 4.78 is 9.52. The highest BCUT2D eigenvalue weighted by atomic mass is 16.5. The maximum atomic E-state index is 5.69. The Kier molecular flexibility index (Phi) is 6.65. The van der Waals surface area contributed by atoms with Gasteiger partial charge in [-0.25, -0.2) is 0 Å². The summed E-state index contributed by atoms with van der Waals surface area (Å²) in [7, 11) is 1.96. The van der Waals surface area contributed by atoms with Gasteiger partial charge in [-0.2, -0.15) is 10.2 Å². The van der Waals surface area contributed by atoms with E-state index in [-0.39, 0.29) is 0 Å². The Morgan fingerprint density at radius 2 is 1.91 bits per heavy atom. The standard InChI is InChI=1S/C17H28N4O/c1-15(2)17-12-19-21(14-17)8-10-22-9-6-4-5-7-16-11-18-20(3)13-16/h11-15H,4-10H2,1-3H3. The smallest absolute Gasteiger partial charge is 0.0662 e. The van der Waals surface area contributed by atoms with E-state index in [2.05, 4.69) is 36.4 Å². The van der Waals surface area contributed by atoms with Crippen molar-refractivity contribution in [2.24, 2.45) is 7.05 Å². The van der Waals surface area contributed by atoms with Crippen LogP contribution in [0.25, 0.3) is 0 Å². The third-order valence-corrected chi connectivity index (χ3v) is 3.80. The topological polar surface area (TPSA) is 44.9 Å². The number of unbranched alkanes of at least 4 members (excludes halogenated alkanes) is 2.